The molecule has 31 heavy (non-hydrogen) atoms. The number of ether oxygens (including phenoxy) is 2. The maximum absolute atomic E-state index is 12.5. The molecular weight excluding hydrogens is 404 g/mol. The molecule has 2 aromatic rings. The Kier molecular flexibility index (Phi) is 10.7. The van der Waals surface area contributed by atoms with Crippen molar-refractivity contribution in [3.05, 3.63) is 60.2 Å². The number of carbonyl (C=O) groups is 2. The van der Waals surface area contributed by atoms with Gasteiger partial charge in [0.15, 0.2) is 5.78 Å². The third-order valence-electron chi connectivity index (χ3n) is 4.42. The second-order valence-corrected chi connectivity index (χ2v) is 6.64. The molecule has 0 bridgehead atoms. The van der Waals surface area contributed by atoms with Gasteiger partial charge in [0, 0.05) is 24.9 Å². The van der Waals surface area contributed by atoms with Crippen LogP contribution >= 0.6 is 0 Å². The highest BCUT2D eigenvalue weighted by Gasteiger charge is 2.18. The van der Waals surface area contributed by atoms with Crippen LogP contribution in [-0.2, 0) is 16.1 Å². The molecule has 9 nitrogen and oxygen atoms in total. The monoisotopic (exact) mass is 432 g/mol. The van der Waals surface area contributed by atoms with E-state index in [1.54, 1.807) is 30.7 Å². The Labute approximate surface area is 180 Å². The first-order valence-corrected chi connectivity index (χ1v) is 9.62. The molecule has 0 amide bonds. The van der Waals surface area contributed by atoms with Crippen molar-refractivity contribution < 1.29 is 35.1 Å². The Hall–Kier alpha value is -3.43. The van der Waals surface area contributed by atoms with E-state index in [9.17, 15) is 14.7 Å². The number of carbonyl (C=O) groups excluding carboxylic acids is 2. The smallest absolute Gasteiger partial charge is 0.342 e. The predicted octanol–water partition coefficient (Wildman–Crippen LogP) is 1.89. The third-order valence-corrected chi connectivity index (χ3v) is 4.42. The van der Waals surface area contributed by atoms with E-state index in [1.807, 2.05) is 16.8 Å². The van der Waals surface area contributed by atoms with Crippen LogP contribution in [0.25, 0.3) is 6.08 Å². The molecule has 1 aliphatic rings. The van der Waals surface area contributed by atoms with E-state index >= 15 is 0 Å². The summed E-state index contributed by atoms with van der Waals surface area (Å²) in [5.41, 5.74) is 0.631. The van der Waals surface area contributed by atoms with Gasteiger partial charge in [-0.1, -0.05) is 18.2 Å². The molecule has 0 saturated heterocycles. The predicted molar refractivity (Wildman–Crippen MR) is 115 cm³/mol. The van der Waals surface area contributed by atoms with Crippen molar-refractivity contribution in [2.24, 2.45) is 0 Å². The van der Waals surface area contributed by atoms with E-state index in [-0.39, 0.29) is 34.7 Å². The molecule has 0 saturated carbocycles. The minimum absolute atomic E-state index is 0. The molecule has 3 rings (SSSR count). The number of hydrogen-bond donors (Lipinski definition) is 1. The summed E-state index contributed by atoms with van der Waals surface area (Å²) in [7, 11) is 0. The highest BCUT2D eigenvalue weighted by molar-refractivity contribution is 5.97. The van der Waals surface area contributed by atoms with Crippen LogP contribution < -0.4 is 4.74 Å². The highest BCUT2D eigenvalue weighted by atomic mass is 16.5. The lowest BCUT2D eigenvalue weighted by Crippen LogP contribution is -2.10. The fourth-order valence-corrected chi connectivity index (χ4v) is 2.94. The van der Waals surface area contributed by atoms with Crippen LogP contribution in [0, 0.1) is 0 Å². The van der Waals surface area contributed by atoms with Gasteiger partial charge >= 0.3 is 5.97 Å². The Morgan fingerprint density at radius 1 is 1.13 bits per heavy atom. The molecule has 5 N–H and O–H groups in total. The van der Waals surface area contributed by atoms with Gasteiger partial charge < -0.3 is 30.1 Å². The van der Waals surface area contributed by atoms with Crippen LogP contribution in [0.5, 0.6) is 11.5 Å². The fourth-order valence-electron chi connectivity index (χ4n) is 2.94. The van der Waals surface area contributed by atoms with Crippen LogP contribution in [0.3, 0.4) is 0 Å². The minimum Gasteiger partial charge on any atom is -0.507 e. The Morgan fingerprint density at radius 3 is 2.71 bits per heavy atom. The second kappa shape index (κ2) is 13.0. The van der Waals surface area contributed by atoms with Crippen molar-refractivity contribution in [3.63, 3.8) is 0 Å². The third kappa shape index (κ3) is 7.72. The number of allylic oxidation sites excluding steroid dienone is 2. The molecule has 9 heteroatoms. The van der Waals surface area contributed by atoms with Gasteiger partial charge in [0.2, 0.25) is 0 Å². The molecule has 0 spiro atoms. The van der Waals surface area contributed by atoms with E-state index in [4.69, 9.17) is 9.47 Å². The number of phenols is 1. The molecule has 2 heterocycles. The zero-order valence-electron chi connectivity index (χ0n) is 17.1. The van der Waals surface area contributed by atoms with Gasteiger partial charge in [0.25, 0.3) is 0 Å². The number of esters is 1. The van der Waals surface area contributed by atoms with Gasteiger partial charge in [0.1, 0.15) is 23.7 Å². The van der Waals surface area contributed by atoms with Gasteiger partial charge in [0.05, 0.1) is 19.5 Å². The van der Waals surface area contributed by atoms with E-state index in [0.717, 1.165) is 0 Å². The number of rotatable bonds is 4. The number of ketones is 1. The maximum atomic E-state index is 12.5. The summed E-state index contributed by atoms with van der Waals surface area (Å²) in [6.07, 6.45) is 14.4. The molecule has 0 radical (unpaired) electrons. The molecular formula is C22H28N2O7. The summed E-state index contributed by atoms with van der Waals surface area (Å²) in [5.74, 6) is -0.275. The van der Waals surface area contributed by atoms with E-state index in [1.165, 1.54) is 12.1 Å². The normalized spacial score (nSPS) is 16.5. The Bertz CT molecular complexity index is 905. The van der Waals surface area contributed by atoms with Gasteiger partial charge in [-0.25, -0.2) is 9.78 Å². The van der Waals surface area contributed by atoms with Gasteiger partial charge in [-0.05, 0) is 37.0 Å². The first-order valence-electron chi connectivity index (χ1n) is 9.62. The molecule has 0 atom stereocenters. The molecule has 1 aromatic heterocycles. The number of imidazole rings is 1. The number of aromatic hydroxyl groups is 1. The highest BCUT2D eigenvalue weighted by Crippen LogP contribution is 2.30. The van der Waals surface area contributed by atoms with Crippen LogP contribution in [0.15, 0.2) is 49.1 Å². The minimum atomic E-state index is -0.607. The lowest BCUT2D eigenvalue weighted by atomic mass is 10.0. The average Bonchev–Trinajstić information content (AvgIpc) is 3.20. The topological polar surface area (TPSA) is 154 Å². The second-order valence-electron chi connectivity index (χ2n) is 6.64. The van der Waals surface area contributed by atoms with Crippen LogP contribution in [-0.4, -0.2) is 50.6 Å². The molecule has 0 aliphatic carbocycles. The molecule has 168 valence electrons. The van der Waals surface area contributed by atoms with Crippen molar-refractivity contribution in [1.82, 2.24) is 9.55 Å². The fraction of sp³-hybridized carbons (Fsp3) is 0.318. The van der Waals surface area contributed by atoms with Crippen molar-refractivity contribution in [3.8, 4) is 11.5 Å². The van der Waals surface area contributed by atoms with Gasteiger partial charge in [-0.15, -0.1) is 0 Å². The van der Waals surface area contributed by atoms with Crippen molar-refractivity contribution in [1.29, 1.82) is 0 Å². The van der Waals surface area contributed by atoms with Gasteiger partial charge in [-0.3, -0.25) is 4.79 Å². The summed E-state index contributed by atoms with van der Waals surface area (Å²) in [5, 5.41) is 10.4. The number of phenolic OH excluding ortho intramolecular Hbond substituents is 1. The molecule has 1 aromatic carbocycles. The Morgan fingerprint density at radius 2 is 1.94 bits per heavy atom. The number of nitrogens with zero attached hydrogens (tertiary/aromatic N) is 2. The largest absolute Gasteiger partial charge is 0.507 e. The summed E-state index contributed by atoms with van der Waals surface area (Å²) in [4.78, 5) is 28.2. The molecule has 0 unspecified atom stereocenters. The lowest BCUT2D eigenvalue weighted by molar-refractivity contribution is -0.114. The lowest BCUT2D eigenvalue weighted by Gasteiger charge is -2.13. The SMILES string of the molecule is O.O.O=C1/C=C\CCOC(=O)c2c(O)cc(OCCn3ccnc3)cc2/C=C/CCC1. The van der Waals surface area contributed by atoms with Crippen LogP contribution in [0.2, 0.25) is 0 Å². The van der Waals surface area contributed by atoms with E-state index in [0.29, 0.717) is 50.1 Å². The standard InChI is InChI=1S/C22H24N2O5.2H2O/c25-18-7-3-1-2-6-17-14-19(28-13-11-24-10-9-23-16-24)15-20(26)21(17)22(27)29-12-5-4-8-18;;/h2,4,6,8-10,14-16,26H,1,3,5,7,11-13H2;2*1H2/b6-2+,8-4-;;. The summed E-state index contributed by atoms with van der Waals surface area (Å²) in [6, 6.07) is 3.13. The quantitative estimate of drug-likeness (QED) is 0.728. The summed E-state index contributed by atoms with van der Waals surface area (Å²) in [6.45, 7) is 1.13. The summed E-state index contributed by atoms with van der Waals surface area (Å²) >= 11 is 0. The number of benzene rings is 1. The van der Waals surface area contributed by atoms with Crippen LogP contribution in [0.1, 0.15) is 41.6 Å². The molecule has 0 fully saturated rings. The average molecular weight is 432 g/mol. The first kappa shape index (κ1) is 25.6. The van der Waals surface area contributed by atoms with Crippen molar-refractivity contribution in [2.45, 2.75) is 32.2 Å². The van der Waals surface area contributed by atoms with E-state index < -0.39 is 5.97 Å². The summed E-state index contributed by atoms with van der Waals surface area (Å²) < 4.78 is 12.9. The zero-order valence-corrected chi connectivity index (χ0v) is 17.1. The van der Waals surface area contributed by atoms with Gasteiger partial charge in [-0.2, -0.15) is 0 Å². The molecule has 1 aliphatic heterocycles. The number of hydrogen-bond acceptors (Lipinski definition) is 6. The Balaban J connectivity index is 0.00000240. The zero-order chi connectivity index (χ0) is 20.5. The van der Waals surface area contributed by atoms with E-state index in [2.05, 4.69) is 4.98 Å². The number of cyclic esters (lactones) is 1. The van der Waals surface area contributed by atoms with Crippen LogP contribution in [0.4, 0.5) is 0 Å². The van der Waals surface area contributed by atoms with Crippen molar-refractivity contribution in [2.75, 3.05) is 13.2 Å². The number of fused-ring (bicyclic) bond motifs is 1. The van der Waals surface area contributed by atoms with Crippen molar-refractivity contribution >= 4 is 17.8 Å². The first-order chi connectivity index (χ1) is 14.1. The maximum Gasteiger partial charge on any atom is 0.342 e. The number of aromatic nitrogens is 2.